The van der Waals surface area contributed by atoms with Gasteiger partial charge in [0.25, 0.3) is 0 Å². The van der Waals surface area contributed by atoms with E-state index in [0.717, 1.165) is 54.2 Å². The summed E-state index contributed by atoms with van der Waals surface area (Å²) in [6.45, 7) is 5.48. The second kappa shape index (κ2) is 7.26. The highest BCUT2D eigenvalue weighted by Crippen LogP contribution is 2.27. The smallest absolute Gasteiger partial charge is 0.231 e. The van der Waals surface area contributed by atoms with Gasteiger partial charge in [-0.15, -0.1) is 21.5 Å². The largest absolute Gasteiger partial charge is 0.384 e. The van der Waals surface area contributed by atoms with E-state index in [1.165, 1.54) is 0 Å². The van der Waals surface area contributed by atoms with Crippen molar-refractivity contribution in [2.24, 2.45) is 0 Å². The third-order valence-corrected chi connectivity index (χ3v) is 4.62. The molecule has 0 N–H and O–H groups in total. The molecular formula is C14H21N5O2S. The van der Waals surface area contributed by atoms with Crippen molar-refractivity contribution in [3.8, 4) is 0 Å². The van der Waals surface area contributed by atoms with Gasteiger partial charge in [-0.3, -0.25) is 4.90 Å². The number of piperidine rings is 1. The second-order valence-corrected chi connectivity index (χ2v) is 6.85. The van der Waals surface area contributed by atoms with Crippen molar-refractivity contribution >= 4 is 11.3 Å². The Morgan fingerprint density at radius 3 is 3.09 bits per heavy atom. The second-order valence-electron chi connectivity index (χ2n) is 5.58. The molecule has 120 valence electrons. The Hall–Kier alpha value is -1.38. The molecule has 0 spiro atoms. The lowest BCUT2D eigenvalue weighted by atomic mass is 9.98. The zero-order valence-electron chi connectivity index (χ0n) is 13.0. The molecule has 0 aromatic carbocycles. The Kier molecular flexibility index (Phi) is 5.12. The molecule has 8 heteroatoms. The molecule has 1 aliphatic rings. The maximum Gasteiger partial charge on any atom is 0.231 e. The fraction of sp³-hybridized carbons (Fsp3) is 0.714. The molecule has 3 rings (SSSR count). The Morgan fingerprint density at radius 1 is 1.41 bits per heavy atom. The lowest BCUT2D eigenvalue weighted by molar-refractivity contribution is 0.179. The number of nitrogens with zero attached hydrogens (tertiary/aromatic N) is 5. The van der Waals surface area contributed by atoms with E-state index in [4.69, 9.17) is 9.26 Å². The molecule has 7 nitrogen and oxygen atoms in total. The average molecular weight is 323 g/mol. The van der Waals surface area contributed by atoms with Crippen LogP contribution in [0.2, 0.25) is 0 Å². The Labute approximate surface area is 133 Å². The van der Waals surface area contributed by atoms with Gasteiger partial charge in [-0.1, -0.05) is 5.16 Å². The van der Waals surface area contributed by atoms with Crippen molar-refractivity contribution < 1.29 is 9.26 Å². The highest BCUT2D eigenvalue weighted by molar-refractivity contribution is 7.11. The van der Waals surface area contributed by atoms with E-state index in [9.17, 15) is 0 Å². The Bertz CT molecular complexity index is 600. The fourth-order valence-corrected chi connectivity index (χ4v) is 3.47. The third-order valence-electron chi connectivity index (χ3n) is 3.80. The standard InChI is InChI=1S/C14H21N5O2S/c1-10-16-17-13(22-10)9-19-6-3-4-11(8-19)14-15-12(18-21-14)5-7-20-2/h11H,3-9H2,1-2H3/t11-/m1/s1. The van der Waals surface area contributed by atoms with Crippen LogP contribution in [0.25, 0.3) is 0 Å². The number of likely N-dealkylation sites (tertiary alicyclic amines) is 1. The van der Waals surface area contributed by atoms with E-state index < -0.39 is 0 Å². The lowest BCUT2D eigenvalue weighted by Crippen LogP contribution is -2.34. The van der Waals surface area contributed by atoms with Crippen molar-refractivity contribution in [2.75, 3.05) is 26.8 Å². The van der Waals surface area contributed by atoms with E-state index in [1.54, 1.807) is 18.4 Å². The van der Waals surface area contributed by atoms with E-state index in [-0.39, 0.29) is 0 Å². The summed E-state index contributed by atoms with van der Waals surface area (Å²) in [5, 5.41) is 14.4. The van der Waals surface area contributed by atoms with Crippen LogP contribution in [-0.2, 0) is 17.7 Å². The molecule has 1 saturated heterocycles. The first-order valence-electron chi connectivity index (χ1n) is 7.57. The van der Waals surface area contributed by atoms with Gasteiger partial charge in [-0.2, -0.15) is 4.98 Å². The Balaban J connectivity index is 1.59. The quantitative estimate of drug-likeness (QED) is 0.802. The first-order valence-corrected chi connectivity index (χ1v) is 8.39. The summed E-state index contributed by atoms with van der Waals surface area (Å²) in [5.74, 6) is 1.80. The highest BCUT2D eigenvalue weighted by atomic mass is 32.1. The first-order chi connectivity index (χ1) is 10.7. The van der Waals surface area contributed by atoms with Crippen molar-refractivity contribution in [1.82, 2.24) is 25.2 Å². The van der Waals surface area contributed by atoms with E-state index >= 15 is 0 Å². The van der Waals surface area contributed by atoms with Crippen molar-refractivity contribution in [1.29, 1.82) is 0 Å². The number of aryl methyl sites for hydroxylation is 1. The monoisotopic (exact) mass is 323 g/mol. The van der Waals surface area contributed by atoms with Gasteiger partial charge in [0.2, 0.25) is 5.89 Å². The molecule has 0 aliphatic carbocycles. The first kappa shape index (κ1) is 15.5. The van der Waals surface area contributed by atoms with Gasteiger partial charge in [0.15, 0.2) is 5.82 Å². The lowest BCUT2D eigenvalue weighted by Gasteiger charge is -2.29. The third kappa shape index (κ3) is 3.88. The van der Waals surface area contributed by atoms with Crippen LogP contribution in [0.1, 0.15) is 40.5 Å². The van der Waals surface area contributed by atoms with Gasteiger partial charge in [0, 0.05) is 20.1 Å². The molecule has 0 radical (unpaired) electrons. The predicted octanol–water partition coefficient (Wildman–Crippen LogP) is 1.80. The van der Waals surface area contributed by atoms with Crippen LogP contribution in [0, 0.1) is 6.92 Å². The Morgan fingerprint density at radius 2 is 2.32 bits per heavy atom. The van der Waals surface area contributed by atoms with Crippen LogP contribution >= 0.6 is 11.3 Å². The zero-order valence-corrected chi connectivity index (χ0v) is 13.8. The molecule has 22 heavy (non-hydrogen) atoms. The molecule has 0 saturated carbocycles. The van der Waals surface area contributed by atoms with Gasteiger partial charge in [0.05, 0.1) is 19.1 Å². The van der Waals surface area contributed by atoms with Crippen LogP contribution in [0.15, 0.2) is 4.52 Å². The fourth-order valence-electron chi connectivity index (χ4n) is 2.72. The predicted molar refractivity (Wildman–Crippen MR) is 81.8 cm³/mol. The maximum absolute atomic E-state index is 5.44. The molecular weight excluding hydrogens is 302 g/mol. The number of hydrogen-bond donors (Lipinski definition) is 0. The molecule has 0 unspecified atom stereocenters. The van der Waals surface area contributed by atoms with Crippen molar-refractivity contribution in [3.63, 3.8) is 0 Å². The molecule has 3 heterocycles. The van der Waals surface area contributed by atoms with Gasteiger partial charge in [-0.05, 0) is 26.3 Å². The molecule has 2 aromatic heterocycles. The topological polar surface area (TPSA) is 77.2 Å². The molecule has 1 fully saturated rings. The summed E-state index contributed by atoms with van der Waals surface area (Å²) in [5.41, 5.74) is 0. The van der Waals surface area contributed by atoms with Crippen LogP contribution in [0.5, 0.6) is 0 Å². The minimum absolute atomic E-state index is 0.312. The number of methoxy groups -OCH3 is 1. The highest BCUT2D eigenvalue weighted by Gasteiger charge is 2.26. The van der Waals surface area contributed by atoms with E-state index in [0.29, 0.717) is 18.9 Å². The normalized spacial score (nSPS) is 19.6. The van der Waals surface area contributed by atoms with Gasteiger partial charge in [0.1, 0.15) is 10.0 Å². The SMILES string of the molecule is COCCc1noc([C@@H]2CCCN(Cc3nnc(C)s3)C2)n1. The van der Waals surface area contributed by atoms with Gasteiger partial charge < -0.3 is 9.26 Å². The average Bonchev–Trinajstić information content (AvgIpc) is 3.15. The number of aromatic nitrogens is 4. The summed E-state index contributed by atoms with van der Waals surface area (Å²) in [7, 11) is 1.68. The van der Waals surface area contributed by atoms with Crippen LogP contribution in [0.4, 0.5) is 0 Å². The van der Waals surface area contributed by atoms with Crippen molar-refractivity contribution in [3.05, 3.63) is 21.7 Å². The molecule has 1 aliphatic heterocycles. The summed E-state index contributed by atoms with van der Waals surface area (Å²) in [6, 6.07) is 0. The zero-order chi connectivity index (χ0) is 15.4. The molecule has 1 atom stereocenters. The van der Waals surface area contributed by atoms with Gasteiger partial charge in [-0.25, -0.2) is 0 Å². The van der Waals surface area contributed by atoms with Crippen LogP contribution in [0.3, 0.4) is 0 Å². The number of hydrogen-bond acceptors (Lipinski definition) is 8. The van der Waals surface area contributed by atoms with Gasteiger partial charge >= 0.3 is 0 Å². The minimum Gasteiger partial charge on any atom is -0.384 e. The molecule has 2 aromatic rings. The van der Waals surface area contributed by atoms with Crippen LogP contribution < -0.4 is 0 Å². The van der Waals surface area contributed by atoms with E-state index in [2.05, 4.69) is 25.2 Å². The van der Waals surface area contributed by atoms with Crippen LogP contribution in [-0.4, -0.2) is 52.0 Å². The summed E-state index contributed by atoms with van der Waals surface area (Å²) >= 11 is 1.66. The number of ether oxygens (including phenoxy) is 1. The number of rotatable bonds is 6. The molecule has 0 bridgehead atoms. The summed E-state index contributed by atoms with van der Waals surface area (Å²) < 4.78 is 10.5. The summed E-state index contributed by atoms with van der Waals surface area (Å²) in [6.07, 6.45) is 2.93. The summed E-state index contributed by atoms with van der Waals surface area (Å²) in [4.78, 5) is 6.90. The van der Waals surface area contributed by atoms with E-state index in [1.807, 2.05) is 6.92 Å². The molecule has 0 amide bonds. The van der Waals surface area contributed by atoms with Crippen molar-refractivity contribution in [2.45, 2.75) is 38.6 Å². The minimum atomic E-state index is 0.312. The maximum atomic E-state index is 5.44.